The Morgan fingerprint density at radius 3 is 2.65 bits per heavy atom. The van der Waals surface area contributed by atoms with E-state index in [2.05, 4.69) is 12.2 Å². The monoisotopic (exact) mass is 317 g/mol. The van der Waals surface area contributed by atoms with Crippen molar-refractivity contribution in [2.75, 3.05) is 13.7 Å². The van der Waals surface area contributed by atoms with Crippen molar-refractivity contribution in [1.29, 1.82) is 0 Å². The quantitative estimate of drug-likeness (QED) is 0.812. The number of benzene rings is 1. The molecule has 1 saturated carbocycles. The third-order valence-electron chi connectivity index (χ3n) is 4.28. The number of carbonyl (C=O) groups is 1. The Hall–Kier alpha value is -1.97. The van der Waals surface area contributed by atoms with Crippen molar-refractivity contribution in [2.24, 2.45) is 5.92 Å². The minimum absolute atomic E-state index is 0.0293. The molecular weight excluding hydrogens is 290 g/mol. The summed E-state index contributed by atoms with van der Waals surface area (Å²) in [6.45, 7) is 4.78. The molecule has 1 fully saturated rings. The number of nitrogens with one attached hydrogen (secondary N) is 1. The second-order valence-electron chi connectivity index (χ2n) is 6.14. The van der Waals surface area contributed by atoms with Crippen LogP contribution in [0.15, 0.2) is 24.3 Å². The van der Waals surface area contributed by atoms with Gasteiger partial charge in [-0.2, -0.15) is 0 Å². The van der Waals surface area contributed by atoms with Gasteiger partial charge < -0.3 is 14.8 Å². The molecule has 126 valence electrons. The summed E-state index contributed by atoms with van der Waals surface area (Å²) in [5.74, 6) is 2.15. The molecule has 0 heterocycles. The number of amides is 1. The highest BCUT2D eigenvalue weighted by Crippen LogP contribution is 2.28. The smallest absolute Gasteiger partial charge is 0.244 e. The fraction of sp³-hybridized carbons (Fsp3) is 0.526. The highest BCUT2D eigenvalue weighted by molar-refractivity contribution is 5.92. The van der Waals surface area contributed by atoms with E-state index in [4.69, 9.17) is 9.47 Å². The fourth-order valence-electron chi connectivity index (χ4n) is 2.89. The summed E-state index contributed by atoms with van der Waals surface area (Å²) in [5.41, 5.74) is 0.918. The molecule has 0 radical (unpaired) electrons. The maximum absolute atomic E-state index is 12.0. The zero-order valence-electron chi connectivity index (χ0n) is 14.3. The molecule has 1 aliphatic rings. The van der Waals surface area contributed by atoms with E-state index in [1.54, 1.807) is 13.2 Å². The van der Waals surface area contributed by atoms with Crippen molar-refractivity contribution in [3.05, 3.63) is 29.8 Å². The Balaban J connectivity index is 1.93. The van der Waals surface area contributed by atoms with Crippen LogP contribution in [0.4, 0.5) is 0 Å². The van der Waals surface area contributed by atoms with E-state index in [1.165, 1.54) is 12.8 Å². The largest absolute Gasteiger partial charge is 0.493 e. The maximum Gasteiger partial charge on any atom is 0.244 e. The third-order valence-corrected chi connectivity index (χ3v) is 4.28. The predicted molar refractivity (Wildman–Crippen MR) is 92.8 cm³/mol. The van der Waals surface area contributed by atoms with Crippen molar-refractivity contribution in [3.63, 3.8) is 0 Å². The number of hydrogen-bond acceptors (Lipinski definition) is 3. The van der Waals surface area contributed by atoms with Crippen LogP contribution in [0.25, 0.3) is 6.08 Å². The van der Waals surface area contributed by atoms with Crippen molar-refractivity contribution in [3.8, 4) is 11.5 Å². The van der Waals surface area contributed by atoms with Gasteiger partial charge in [0, 0.05) is 12.1 Å². The normalized spacial score (nSPS) is 21.2. The minimum Gasteiger partial charge on any atom is -0.493 e. The van der Waals surface area contributed by atoms with Gasteiger partial charge in [0.25, 0.3) is 0 Å². The lowest BCUT2D eigenvalue weighted by atomic mass is 9.87. The van der Waals surface area contributed by atoms with Crippen molar-refractivity contribution in [1.82, 2.24) is 5.32 Å². The van der Waals surface area contributed by atoms with Gasteiger partial charge in [-0.05, 0) is 62.3 Å². The molecule has 0 aliphatic heterocycles. The fourth-order valence-corrected chi connectivity index (χ4v) is 2.89. The Bertz CT molecular complexity index is 546. The van der Waals surface area contributed by atoms with Crippen LogP contribution in [0, 0.1) is 5.92 Å². The molecule has 0 bridgehead atoms. The molecule has 0 spiro atoms. The van der Waals surface area contributed by atoms with Gasteiger partial charge in [0.1, 0.15) is 0 Å². The van der Waals surface area contributed by atoms with E-state index >= 15 is 0 Å². The molecule has 0 aromatic heterocycles. The highest BCUT2D eigenvalue weighted by Gasteiger charge is 2.18. The van der Waals surface area contributed by atoms with Gasteiger partial charge in [0.15, 0.2) is 11.5 Å². The first kappa shape index (κ1) is 17.4. The first-order valence-corrected chi connectivity index (χ1v) is 8.41. The molecule has 1 aromatic rings. The van der Waals surface area contributed by atoms with E-state index in [9.17, 15) is 4.79 Å². The van der Waals surface area contributed by atoms with E-state index in [0.717, 1.165) is 24.3 Å². The van der Waals surface area contributed by atoms with Gasteiger partial charge in [0.2, 0.25) is 5.91 Å². The van der Waals surface area contributed by atoms with Gasteiger partial charge >= 0.3 is 0 Å². The Kier molecular flexibility index (Phi) is 6.51. The van der Waals surface area contributed by atoms with E-state index in [0.29, 0.717) is 24.1 Å². The SMILES string of the molecule is CCOc1cc(/C=C/C(=O)NC2CCC(C)CC2)ccc1OC. The Morgan fingerprint density at radius 1 is 1.26 bits per heavy atom. The number of hydrogen-bond donors (Lipinski definition) is 1. The second-order valence-corrected chi connectivity index (χ2v) is 6.14. The molecule has 0 atom stereocenters. The van der Waals surface area contributed by atoms with Crippen LogP contribution < -0.4 is 14.8 Å². The first-order chi connectivity index (χ1) is 11.1. The first-order valence-electron chi connectivity index (χ1n) is 8.41. The number of ether oxygens (including phenoxy) is 2. The molecule has 4 heteroatoms. The van der Waals surface area contributed by atoms with Crippen molar-refractivity contribution < 1.29 is 14.3 Å². The lowest BCUT2D eigenvalue weighted by Gasteiger charge is -2.26. The number of carbonyl (C=O) groups excluding carboxylic acids is 1. The summed E-state index contributed by atoms with van der Waals surface area (Å²) in [7, 11) is 1.62. The Morgan fingerprint density at radius 2 is 2.00 bits per heavy atom. The summed E-state index contributed by atoms with van der Waals surface area (Å²) in [6, 6.07) is 5.96. The molecule has 1 aliphatic carbocycles. The zero-order chi connectivity index (χ0) is 16.7. The molecule has 4 nitrogen and oxygen atoms in total. The number of rotatable bonds is 6. The van der Waals surface area contributed by atoms with Crippen LogP contribution in [0.1, 0.15) is 45.1 Å². The summed E-state index contributed by atoms with van der Waals surface area (Å²) in [5, 5.41) is 3.09. The lowest BCUT2D eigenvalue weighted by Crippen LogP contribution is -2.36. The molecule has 1 amide bonds. The summed E-state index contributed by atoms with van der Waals surface area (Å²) in [4.78, 5) is 12.0. The summed E-state index contributed by atoms with van der Waals surface area (Å²) < 4.78 is 10.8. The summed E-state index contributed by atoms with van der Waals surface area (Å²) >= 11 is 0. The maximum atomic E-state index is 12.0. The second kappa shape index (κ2) is 8.61. The molecule has 2 rings (SSSR count). The highest BCUT2D eigenvalue weighted by atomic mass is 16.5. The van der Waals surface area contributed by atoms with Gasteiger partial charge in [-0.15, -0.1) is 0 Å². The molecule has 0 saturated heterocycles. The van der Waals surface area contributed by atoms with Crippen LogP contribution in [0.3, 0.4) is 0 Å². The van der Waals surface area contributed by atoms with Crippen LogP contribution in [-0.2, 0) is 4.79 Å². The average molecular weight is 317 g/mol. The molecular formula is C19H27NO3. The molecule has 23 heavy (non-hydrogen) atoms. The predicted octanol–water partition coefficient (Wildman–Crippen LogP) is 3.80. The van der Waals surface area contributed by atoms with Crippen molar-refractivity contribution in [2.45, 2.75) is 45.6 Å². The number of methoxy groups -OCH3 is 1. The van der Waals surface area contributed by atoms with Crippen LogP contribution in [0.2, 0.25) is 0 Å². The van der Waals surface area contributed by atoms with E-state index in [1.807, 2.05) is 31.2 Å². The van der Waals surface area contributed by atoms with E-state index < -0.39 is 0 Å². The van der Waals surface area contributed by atoms with Crippen LogP contribution in [-0.4, -0.2) is 25.7 Å². The third kappa shape index (κ3) is 5.31. The minimum atomic E-state index is -0.0293. The lowest BCUT2D eigenvalue weighted by molar-refractivity contribution is -0.117. The standard InChI is InChI=1S/C19H27NO3/c1-4-23-18-13-15(7-11-17(18)22-3)8-12-19(21)20-16-9-5-14(2)6-10-16/h7-8,11-14,16H,4-6,9-10H2,1-3H3,(H,20,21)/b12-8+. The van der Waals surface area contributed by atoms with Gasteiger partial charge in [0.05, 0.1) is 13.7 Å². The van der Waals surface area contributed by atoms with Crippen molar-refractivity contribution >= 4 is 12.0 Å². The Labute approximate surface area is 138 Å². The van der Waals surface area contributed by atoms with E-state index in [-0.39, 0.29) is 5.91 Å². The van der Waals surface area contributed by atoms with Crippen LogP contribution in [0.5, 0.6) is 11.5 Å². The van der Waals surface area contributed by atoms with Gasteiger partial charge in [-0.3, -0.25) is 4.79 Å². The summed E-state index contributed by atoms with van der Waals surface area (Å²) in [6.07, 6.45) is 7.96. The van der Waals surface area contributed by atoms with Crippen LogP contribution >= 0.6 is 0 Å². The molecule has 1 aromatic carbocycles. The van der Waals surface area contributed by atoms with Gasteiger partial charge in [-0.25, -0.2) is 0 Å². The zero-order valence-corrected chi connectivity index (χ0v) is 14.3. The topological polar surface area (TPSA) is 47.6 Å². The molecule has 0 unspecified atom stereocenters. The van der Waals surface area contributed by atoms with Gasteiger partial charge in [-0.1, -0.05) is 13.0 Å². The molecule has 1 N–H and O–H groups in total. The average Bonchev–Trinajstić information content (AvgIpc) is 2.56.